The monoisotopic (exact) mass is 560 g/mol. The fourth-order valence-electron chi connectivity index (χ4n) is 7.15. The molecule has 8 nitrogen and oxygen atoms in total. The van der Waals surface area contributed by atoms with E-state index >= 15 is 4.39 Å². The van der Waals surface area contributed by atoms with Gasteiger partial charge in [0, 0.05) is 30.9 Å². The Morgan fingerprint density at radius 2 is 1.93 bits per heavy atom. The molecule has 0 bridgehead atoms. The van der Waals surface area contributed by atoms with Gasteiger partial charge in [-0.25, -0.2) is 8.78 Å². The van der Waals surface area contributed by atoms with Crippen LogP contribution in [0.2, 0.25) is 0 Å². The summed E-state index contributed by atoms with van der Waals surface area (Å²) in [7, 11) is 2.07. The minimum atomic E-state index is -0.555. The molecule has 3 aliphatic heterocycles. The number of likely N-dealkylation sites (tertiary alicyclic amines) is 2. The molecule has 2 aromatic heterocycles. The zero-order chi connectivity index (χ0) is 28.2. The van der Waals surface area contributed by atoms with Crippen molar-refractivity contribution in [2.75, 3.05) is 38.2 Å². The molecule has 0 radical (unpaired) electrons. The van der Waals surface area contributed by atoms with Gasteiger partial charge >= 0.3 is 6.01 Å². The molecule has 10 heteroatoms. The van der Waals surface area contributed by atoms with E-state index < -0.39 is 5.82 Å². The van der Waals surface area contributed by atoms with Gasteiger partial charge in [-0.1, -0.05) is 6.58 Å². The second-order valence-corrected chi connectivity index (χ2v) is 11.7. The molecule has 0 spiro atoms. The summed E-state index contributed by atoms with van der Waals surface area (Å²) in [4.78, 5) is 32.5. The molecule has 3 fully saturated rings. The van der Waals surface area contributed by atoms with Crippen LogP contribution in [0.15, 0.2) is 31.0 Å². The van der Waals surface area contributed by atoms with Gasteiger partial charge in [-0.15, -0.1) is 0 Å². The Kier molecular flexibility index (Phi) is 6.60. The molecule has 1 amide bonds. The number of ether oxygens (including phenoxy) is 1. The van der Waals surface area contributed by atoms with Gasteiger partial charge in [0.2, 0.25) is 5.91 Å². The number of anilines is 1. The second kappa shape index (κ2) is 10.3. The second-order valence-electron chi connectivity index (χ2n) is 11.7. The van der Waals surface area contributed by atoms with Gasteiger partial charge < -0.3 is 19.4 Å². The topological polar surface area (TPSA) is 74.7 Å². The average Bonchev–Trinajstić information content (AvgIpc) is 3.54. The summed E-state index contributed by atoms with van der Waals surface area (Å²) in [6.07, 6.45) is 9.09. The van der Waals surface area contributed by atoms with E-state index in [1.807, 2.05) is 4.90 Å². The van der Waals surface area contributed by atoms with Gasteiger partial charge in [0.05, 0.1) is 17.5 Å². The number of hydrogen-bond acceptors (Lipinski definition) is 7. The number of hydrogen-bond donors (Lipinski definition) is 0. The zero-order valence-corrected chi connectivity index (χ0v) is 23.3. The van der Waals surface area contributed by atoms with E-state index in [-0.39, 0.29) is 47.1 Å². The number of aromatic nitrogens is 3. The number of rotatable bonds is 6. The van der Waals surface area contributed by atoms with Gasteiger partial charge in [-0.3, -0.25) is 9.78 Å². The summed E-state index contributed by atoms with van der Waals surface area (Å²) in [5, 5.41) is 0.500. The van der Waals surface area contributed by atoms with E-state index in [1.165, 1.54) is 12.1 Å². The van der Waals surface area contributed by atoms with E-state index in [0.717, 1.165) is 44.2 Å². The van der Waals surface area contributed by atoms with Gasteiger partial charge in [-0.2, -0.15) is 9.97 Å². The van der Waals surface area contributed by atoms with Crippen molar-refractivity contribution in [3.63, 3.8) is 0 Å². The molecule has 3 atom stereocenters. The normalized spacial score (nSPS) is 23.8. The molecule has 7 rings (SSSR count). The Morgan fingerprint density at radius 1 is 1.10 bits per heavy atom. The van der Waals surface area contributed by atoms with E-state index in [1.54, 1.807) is 12.3 Å². The highest BCUT2D eigenvalue weighted by Gasteiger charge is 2.49. The summed E-state index contributed by atoms with van der Waals surface area (Å²) in [5.41, 5.74) is 2.43. The quantitative estimate of drug-likeness (QED) is 0.417. The minimum Gasteiger partial charge on any atom is -0.462 e. The van der Waals surface area contributed by atoms with E-state index in [0.29, 0.717) is 54.9 Å². The van der Waals surface area contributed by atoms with Crippen LogP contribution in [0.1, 0.15) is 43.2 Å². The highest BCUT2D eigenvalue weighted by Crippen LogP contribution is 2.41. The van der Waals surface area contributed by atoms with Crippen molar-refractivity contribution in [1.29, 1.82) is 0 Å². The maximum atomic E-state index is 16.5. The van der Waals surface area contributed by atoms with Gasteiger partial charge in [0.15, 0.2) is 5.82 Å². The predicted octanol–water partition coefficient (Wildman–Crippen LogP) is 4.30. The Balaban J connectivity index is 1.30. The predicted molar refractivity (Wildman–Crippen MR) is 152 cm³/mol. The molecule has 0 saturated carbocycles. The Bertz CT molecular complexity index is 1550. The summed E-state index contributed by atoms with van der Waals surface area (Å²) in [6.45, 7) is 6.29. The first-order valence-electron chi connectivity index (χ1n) is 14.6. The molecule has 3 saturated heterocycles. The lowest BCUT2D eigenvalue weighted by molar-refractivity contribution is -0.127. The number of carbonyl (C=O) groups excluding carboxylic acids is 1. The zero-order valence-electron chi connectivity index (χ0n) is 23.3. The third-order valence-corrected chi connectivity index (χ3v) is 9.48. The number of likely N-dealkylation sites (N-methyl/N-ethyl adjacent to an activating group) is 1. The number of fused-ring (bicyclic) bond motifs is 3. The van der Waals surface area contributed by atoms with Crippen molar-refractivity contribution < 1.29 is 18.3 Å². The molecule has 1 aromatic carbocycles. The van der Waals surface area contributed by atoms with E-state index in [2.05, 4.69) is 33.4 Å². The van der Waals surface area contributed by atoms with Crippen molar-refractivity contribution in [1.82, 2.24) is 24.8 Å². The maximum Gasteiger partial charge on any atom is 0.319 e. The molecule has 5 heterocycles. The molecule has 4 aliphatic rings. The number of halogens is 2. The number of amides is 1. The molecule has 0 N–H and O–H groups in total. The lowest BCUT2D eigenvalue weighted by Crippen LogP contribution is -2.63. The highest BCUT2D eigenvalue weighted by molar-refractivity contribution is 5.93. The molecular formula is C31H34F2N6O2. The van der Waals surface area contributed by atoms with Crippen LogP contribution < -0.4 is 9.64 Å². The van der Waals surface area contributed by atoms with Crippen LogP contribution in [0.25, 0.3) is 22.2 Å². The lowest BCUT2D eigenvalue weighted by atomic mass is 9.86. The molecule has 3 aromatic rings. The Morgan fingerprint density at radius 3 is 2.71 bits per heavy atom. The third kappa shape index (κ3) is 4.34. The summed E-state index contributed by atoms with van der Waals surface area (Å²) >= 11 is 0. The van der Waals surface area contributed by atoms with Crippen LogP contribution in [-0.4, -0.2) is 82.1 Å². The van der Waals surface area contributed by atoms with Gasteiger partial charge in [-0.05, 0) is 87.9 Å². The van der Waals surface area contributed by atoms with Crippen LogP contribution in [0.3, 0.4) is 0 Å². The van der Waals surface area contributed by atoms with Crippen molar-refractivity contribution in [3.05, 3.63) is 53.7 Å². The summed E-state index contributed by atoms with van der Waals surface area (Å²) < 4.78 is 37.2. The summed E-state index contributed by atoms with van der Waals surface area (Å²) in [6, 6.07) is 3.56. The Hall–Kier alpha value is -3.66. The standard InChI is InChI=1S/C31H34F2N6O2/c1-3-26(40)38-14-12-24-25(38)16-39(24)30-22-15-34-28(21-10-11-23(32)20-9-5-4-8-19(20)21)27(33)29(22)35-31(36-30)41-17-18-7-6-13-37(18)2/h3,10-11,15,18,24-25H,1,4-9,12-14,16-17H2,2H3/t18-,24+,25+/m0/s1. The fraction of sp³-hybridized carbons (Fsp3) is 0.484. The Labute approximate surface area is 238 Å². The van der Waals surface area contributed by atoms with Crippen molar-refractivity contribution >= 4 is 22.6 Å². The largest absolute Gasteiger partial charge is 0.462 e. The van der Waals surface area contributed by atoms with Crippen molar-refractivity contribution in [2.45, 2.75) is 63.1 Å². The SMILES string of the molecule is C=CC(=O)N1CC[C@@H]2[C@H]1CN2c1nc(OC[C@@H]2CCCN2C)nc2c(F)c(-c3ccc(F)c4c3CCCC4)ncc12. The van der Waals surface area contributed by atoms with Crippen LogP contribution in [0.5, 0.6) is 6.01 Å². The first-order chi connectivity index (χ1) is 19.9. The minimum absolute atomic E-state index is 0.0600. The number of pyridine rings is 1. The molecule has 41 heavy (non-hydrogen) atoms. The smallest absolute Gasteiger partial charge is 0.319 e. The molecular weight excluding hydrogens is 526 g/mol. The fourth-order valence-corrected chi connectivity index (χ4v) is 7.15. The number of nitrogens with zero attached hydrogens (tertiary/aromatic N) is 6. The van der Waals surface area contributed by atoms with Crippen molar-refractivity contribution in [3.8, 4) is 17.3 Å². The number of benzene rings is 1. The van der Waals surface area contributed by atoms with Gasteiger partial charge in [0.25, 0.3) is 0 Å². The van der Waals surface area contributed by atoms with Crippen LogP contribution in [-0.2, 0) is 17.6 Å². The van der Waals surface area contributed by atoms with E-state index in [4.69, 9.17) is 9.72 Å². The first-order valence-corrected chi connectivity index (χ1v) is 14.6. The first kappa shape index (κ1) is 26.3. The van der Waals surface area contributed by atoms with E-state index in [9.17, 15) is 9.18 Å². The third-order valence-electron chi connectivity index (χ3n) is 9.48. The van der Waals surface area contributed by atoms with Crippen molar-refractivity contribution in [2.24, 2.45) is 0 Å². The maximum absolute atomic E-state index is 16.5. The highest BCUT2D eigenvalue weighted by atomic mass is 19.1. The van der Waals surface area contributed by atoms with Crippen LogP contribution in [0, 0.1) is 11.6 Å². The lowest BCUT2D eigenvalue weighted by Gasteiger charge is -2.47. The van der Waals surface area contributed by atoms with Gasteiger partial charge in [0.1, 0.15) is 29.5 Å². The average molecular weight is 561 g/mol. The van der Waals surface area contributed by atoms with Crippen LogP contribution >= 0.6 is 0 Å². The number of carbonyl (C=O) groups is 1. The van der Waals surface area contributed by atoms with Crippen LogP contribution in [0.4, 0.5) is 14.6 Å². The molecule has 0 unspecified atom stereocenters. The molecule has 1 aliphatic carbocycles. The molecule has 214 valence electrons. The summed E-state index contributed by atoms with van der Waals surface area (Å²) in [5.74, 6) is -0.303.